The van der Waals surface area contributed by atoms with E-state index in [-0.39, 0.29) is 47.9 Å². The Hall–Kier alpha value is -3.18. The van der Waals surface area contributed by atoms with Gasteiger partial charge in [0.05, 0.1) is 5.52 Å². The fourth-order valence-corrected chi connectivity index (χ4v) is 7.79. The summed E-state index contributed by atoms with van der Waals surface area (Å²) in [5.74, 6) is 0.286. The number of para-hydroxylation sites is 1. The van der Waals surface area contributed by atoms with Gasteiger partial charge in [-0.3, -0.25) is 9.78 Å². The summed E-state index contributed by atoms with van der Waals surface area (Å²) in [6, 6.07) is 24.7. The van der Waals surface area contributed by atoms with Gasteiger partial charge in [-0.2, -0.15) is 0 Å². The van der Waals surface area contributed by atoms with Gasteiger partial charge in [-0.05, 0) is 65.3 Å². The summed E-state index contributed by atoms with van der Waals surface area (Å²) >= 11 is 1.89. The zero-order valence-corrected chi connectivity index (χ0v) is 31.5. The molecule has 0 atom stereocenters. The van der Waals surface area contributed by atoms with Crippen LogP contribution in [0.3, 0.4) is 0 Å². The van der Waals surface area contributed by atoms with Crippen LogP contribution in [0.5, 0.6) is 0 Å². The number of hydrogen-bond acceptors (Lipinski definition) is 5. The summed E-state index contributed by atoms with van der Waals surface area (Å²) in [7, 11) is 0. The van der Waals surface area contributed by atoms with Crippen LogP contribution in [0.4, 0.5) is 0 Å². The Balaban J connectivity index is 0.000000234. The van der Waals surface area contributed by atoms with E-state index in [0.29, 0.717) is 0 Å². The Morgan fingerprint density at radius 1 is 0.870 bits per heavy atom. The van der Waals surface area contributed by atoms with Crippen molar-refractivity contribution in [3.63, 3.8) is 0 Å². The second-order valence-corrected chi connectivity index (χ2v) is 14.3. The van der Waals surface area contributed by atoms with Crippen LogP contribution in [-0.2, 0) is 30.3 Å². The van der Waals surface area contributed by atoms with Crippen molar-refractivity contribution in [1.82, 2.24) is 9.97 Å². The first kappa shape index (κ1) is 35.7. The summed E-state index contributed by atoms with van der Waals surface area (Å²) in [6.45, 7) is 16.7. The molecule has 0 saturated carbocycles. The van der Waals surface area contributed by atoms with Gasteiger partial charge in [0.15, 0.2) is 5.78 Å². The first-order valence-electron chi connectivity index (χ1n) is 16.2. The van der Waals surface area contributed by atoms with E-state index in [9.17, 15) is 9.90 Å². The molecule has 1 aliphatic carbocycles. The molecule has 0 unspecified atom stereocenters. The summed E-state index contributed by atoms with van der Waals surface area (Å²) in [5.41, 5.74) is 6.39. The number of fused-ring (bicyclic) bond motifs is 6. The summed E-state index contributed by atoms with van der Waals surface area (Å²) in [4.78, 5) is 22.7. The standard InChI is InChI=1S/C25H17N2S.C15H28O2.Ir/c1-25(2)21-17(23-15-8-3-5-12-19(15)26-14-27-23)10-7-11-18(21)24-22(25)16-9-4-6-13-20(16)28-24;1-7-14(5,8-2)12(16)11-13(17)15(6,9-3)10-4;/h3-9,11-14H,1-2H3;11,16H,7-10H2,1-6H3;/q-1;;/b;12-11-;. The van der Waals surface area contributed by atoms with Crippen molar-refractivity contribution in [1.29, 1.82) is 0 Å². The Bertz CT molecular complexity index is 1890. The van der Waals surface area contributed by atoms with Crippen molar-refractivity contribution in [2.75, 3.05) is 0 Å². The van der Waals surface area contributed by atoms with Crippen molar-refractivity contribution in [2.45, 2.75) is 86.5 Å². The number of allylic oxidation sites excluding steroid dienone is 2. The Kier molecular flexibility index (Phi) is 10.8. The fraction of sp³-hybridized carbons (Fsp3) is 0.375. The van der Waals surface area contributed by atoms with E-state index in [1.54, 1.807) is 6.33 Å². The quantitative estimate of drug-likeness (QED) is 0.0963. The molecule has 5 aromatic rings. The van der Waals surface area contributed by atoms with E-state index < -0.39 is 0 Å². The number of aliphatic hydroxyl groups excluding tert-OH is 1. The van der Waals surface area contributed by atoms with Gasteiger partial charge in [-0.15, -0.1) is 40.7 Å². The minimum atomic E-state index is -0.337. The Morgan fingerprint density at radius 2 is 1.48 bits per heavy atom. The molecular formula is C40H45IrN2O2S-. The largest absolute Gasteiger partial charge is 0.512 e. The number of nitrogens with zero attached hydrogens (tertiary/aromatic N) is 2. The number of rotatable bonds is 8. The molecule has 6 rings (SSSR count). The number of carbonyl (C=O) groups excluding carboxylic acids is 1. The fourth-order valence-electron chi connectivity index (χ4n) is 6.39. The zero-order valence-electron chi connectivity index (χ0n) is 28.2. The summed E-state index contributed by atoms with van der Waals surface area (Å²) in [5, 5.41) is 12.6. The smallest absolute Gasteiger partial charge is 0.164 e. The molecular weight excluding hydrogens is 765 g/mol. The number of thiophene rings is 1. The predicted molar refractivity (Wildman–Crippen MR) is 190 cm³/mol. The normalized spacial score (nSPS) is 13.9. The molecule has 243 valence electrons. The van der Waals surface area contributed by atoms with Gasteiger partial charge in [-0.25, -0.2) is 4.98 Å². The molecule has 4 nitrogen and oxygen atoms in total. The number of aromatic nitrogens is 2. The third-order valence-corrected chi connectivity index (χ3v) is 11.7. The van der Waals surface area contributed by atoms with E-state index in [1.807, 2.05) is 77.1 Å². The number of carbonyl (C=O) groups is 1. The SMILES string of the molecule is CC1(C)c2c(-c3ncnc4ccccc34)[c-]ccc2-c2sc3ccccc3c21.CCC(C)(CC)C(=O)/C=C(\O)C(C)(CC)CC.[Ir]. The molecule has 0 bridgehead atoms. The van der Waals surface area contributed by atoms with E-state index in [0.717, 1.165) is 47.8 Å². The molecule has 1 aliphatic rings. The maximum atomic E-state index is 12.2. The maximum absolute atomic E-state index is 12.2. The van der Waals surface area contributed by atoms with Gasteiger partial charge in [0.1, 0.15) is 12.1 Å². The van der Waals surface area contributed by atoms with Gasteiger partial charge < -0.3 is 5.11 Å². The number of hydrogen-bond donors (Lipinski definition) is 1. The number of benzene rings is 3. The second-order valence-electron chi connectivity index (χ2n) is 13.2. The van der Waals surface area contributed by atoms with Crippen LogP contribution in [0.1, 0.15) is 92.2 Å². The topological polar surface area (TPSA) is 63.1 Å². The molecule has 1 radical (unpaired) electrons. The number of ketones is 1. The van der Waals surface area contributed by atoms with Crippen molar-refractivity contribution in [2.24, 2.45) is 10.8 Å². The minimum Gasteiger partial charge on any atom is -0.512 e. The maximum Gasteiger partial charge on any atom is 0.164 e. The molecule has 0 aliphatic heterocycles. The molecule has 0 fully saturated rings. The van der Waals surface area contributed by atoms with Crippen LogP contribution >= 0.6 is 11.3 Å². The molecule has 0 spiro atoms. The minimum absolute atomic E-state index is 0. The van der Waals surface area contributed by atoms with E-state index >= 15 is 0 Å². The molecule has 2 heterocycles. The van der Waals surface area contributed by atoms with Gasteiger partial charge in [-0.1, -0.05) is 97.4 Å². The van der Waals surface area contributed by atoms with Crippen molar-refractivity contribution >= 4 is 38.1 Å². The van der Waals surface area contributed by atoms with Crippen LogP contribution in [0, 0.1) is 16.9 Å². The van der Waals surface area contributed by atoms with Crippen molar-refractivity contribution < 1.29 is 30.0 Å². The van der Waals surface area contributed by atoms with Crippen LogP contribution in [-0.4, -0.2) is 20.9 Å². The van der Waals surface area contributed by atoms with Gasteiger partial charge in [0.25, 0.3) is 0 Å². The molecule has 1 N–H and O–H groups in total. The summed E-state index contributed by atoms with van der Waals surface area (Å²) < 4.78 is 1.35. The van der Waals surface area contributed by atoms with E-state index in [2.05, 4.69) is 61.3 Å². The molecule has 2 aromatic heterocycles. The predicted octanol–water partition coefficient (Wildman–Crippen LogP) is 11.3. The molecule has 6 heteroatoms. The van der Waals surface area contributed by atoms with Gasteiger partial charge in [0, 0.05) is 46.6 Å². The molecule has 46 heavy (non-hydrogen) atoms. The van der Waals surface area contributed by atoms with Crippen LogP contribution in [0.15, 0.2) is 78.8 Å². The Labute approximate surface area is 291 Å². The van der Waals surface area contributed by atoms with Gasteiger partial charge >= 0.3 is 0 Å². The number of aliphatic hydroxyl groups is 1. The van der Waals surface area contributed by atoms with E-state index in [1.165, 1.54) is 37.7 Å². The molecule has 3 aromatic carbocycles. The average Bonchev–Trinajstić information content (AvgIpc) is 3.57. The average molecular weight is 810 g/mol. The molecule has 0 amide bonds. The van der Waals surface area contributed by atoms with Crippen molar-refractivity contribution in [3.8, 4) is 21.7 Å². The van der Waals surface area contributed by atoms with Crippen LogP contribution in [0.25, 0.3) is 42.7 Å². The zero-order chi connectivity index (χ0) is 32.6. The van der Waals surface area contributed by atoms with E-state index in [4.69, 9.17) is 4.98 Å². The first-order valence-corrected chi connectivity index (χ1v) is 17.0. The third-order valence-electron chi connectivity index (χ3n) is 10.5. The van der Waals surface area contributed by atoms with Crippen LogP contribution in [0.2, 0.25) is 0 Å². The second kappa shape index (κ2) is 13.9. The van der Waals surface area contributed by atoms with Crippen LogP contribution < -0.4 is 0 Å². The van der Waals surface area contributed by atoms with Crippen molar-refractivity contribution in [3.05, 3.63) is 96.0 Å². The monoisotopic (exact) mass is 810 g/mol. The summed E-state index contributed by atoms with van der Waals surface area (Å²) in [6.07, 6.45) is 6.42. The first-order chi connectivity index (χ1) is 21.5. The molecule has 0 saturated heterocycles. The van der Waals surface area contributed by atoms with Gasteiger partial charge in [0.2, 0.25) is 0 Å². The third kappa shape index (κ3) is 6.12. The Morgan fingerprint density at radius 3 is 2.13 bits per heavy atom.